The molecule has 1 nitrogen and oxygen atoms in total. The number of hydrogen-bond acceptors (Lipinski definition) is 1. The van der Waals surface area contributed by atoms with Crippen LogP contribution in [0, 0.1) is 5.92 Å². The second-order valence-electron chi connectivity index (χ2n) is 1.04. The minimum atomic E-state index is -2.32. The van der Waals surface area contributed by atoms with Crippen LogP contribution in [-0.2, 0) is 0 Å². The van der Waals surface area contributed by atoms with Crippen molar-refractivity contribution in [2.45, 2.75) is 12.8 Å². The maximum absolute atomic E-state index is 8.59. The second-order valence-corrected chi connectivity index (χ2v) is 1.04. The minimum Gasteiger partial charge on any atom is -0.396 e. The Morgan fingerprint density at radius 2 is 2.80 bits per heavy atom. The van der Waals surface area contributed by atoms with Crippen LogP contribution in [0.3, 0.4) is 0 Å². The van der Waals surface area contributed by atoms with Crippen molar-refractivity contribution >= 4 is 0 Å². The Morgan fingerprint density at radius 1 is 2.20 bits per heavy atom. The van der Waals surface area contributed by atoms with Crippen LogP contribution in [0.2, 0.25) is 0 Å². The molecule has 30 valence electrons. The van der Waals surface area contributed by atoms with Crippen LogP contribution < -0.4 is 0 Å². The first-order valence-electron chi connectivity index (χ1n) is 3.67. The fraction of sp³-hybridized carbons (Fsp3) is 1.00. The highest BCUT2D eigenvalue weighted by Crippen LogP contribution is 2.27. The average molecular weight is 76.1 g/mol. The van der Waals surface area contributed by atoms with Crippen LogP contribution in [0.5, 0.6) is 0 Å². The van der Waals surface area contributed by atoms with E-state index < -0.39 is 25.3 Å². The van der Waals surface area contributed by atoms with Crippen LogP contribution in [0.25, 0.3) is 0 Å². The molecule has 0 spiro atoms. The molecule has 1 aliphatic carbocycles. The monoisotopic (exact) mass is 76.1 g/mol. The van der Waals surface area contributed by atoms with E-state index in [9.17, 15) is 0 Å². The summed E-state index contributed by atoms with van der Waals surface area (Å²) in [4.78, 5) is 0. The van der Waals surface area contributed by atoms with E-state index in [1.165, 1.54) is 0 Å². The van der Waals surface area contributed by atoms with Crippen molar-refractivity contribution in [2.24, 2.45) is 5.92 Å². The molecule has 1 aliphatic rings. The van der Waals surface area contributed by atoms with E-state index in [0.717, 1.165) is 0 Å². The minimum absolute atomic E-state index is 0.731. The lowest BCUT2D eigenvalue weighted by molar-refractivity contribution is 0.277. The van der Waals surface area contributed by atoms with Gasteiger partial charge in [-0.1, -0.05) is 0 Å². The summed E-state index contributed by atoms with van der Waals surface area (Å²) in [5, 5.41) is 8.59. The molecular weight excluding hydrogens is 64.0 g/mol. The molecule has 0 heterocycles. The number of aliphatic hydroxyl groups is 1. The predicted molar refractivity (Wildman–Crippen MR) is 19.8 cm³/mol. The van der Waals surface area contributed by atoms with E-state index in [0.29, 0.717) is 0 Å². The molecular formula is C4H8O. The van der Waals surface area contributed by atoms with Gasteiger partial charge in [0.25, 0.3) is 0 Å². The summed E-state index contributed by atoms with van der Waals surface area (Å²) in [6.07, 6.45) is -1.46. The molecule has 0 bridgehead atoms. The van der Waals surface area contributed by atoms with Crippen LogP contribution >= 0.6 is 0 Å². The van der Waals surface area contributed by atoms with Crippen LogP contribution in [0.1, 0.15) is 18.3 Å². The van der Waals surface area contributed by atoms with Gasteiger partial charge in [0.05, 0.1) is 2.74 Å². The molecule has 1 fully saturated rings. The van der Waals surface area contributed by atoms with Gasteiger partial charge in [-0.15, -0.1) is 0 Å². The lowest BCUT2D eigenvalue weighted by Gasteiger charge is -1.73. The average Bonchev–Trinajstić information content (AvgIpc) is 2.11. The topological polar surface area (TPSA) is 20.2 Å². The number of rotatable bonds is 1. The molecule has 1 N–H and O–H groups in total. The fourth-order valence-corrected chi connectivity index (χ4v) is 0.142. The Kier molecular flexibility index (Phi) is 0.189. The van der Waals surface area contributed by atoms with Gasteiger partial charge >= 0.3 is 0 Å². The van der Waals surface area contributed by atoms with E-state index in [1.807, 2.05) is 0 Å². The largest absolute Gasteiger partial charge is 0.396 e. The van der Waals surface area contributed by atoms with Crippen LogP contribution in [0.4, 0.5) is 0 Å². The smallest absolute Gasteiger partial charge is 0.0567 e. The zero-order chi connectivity index (χ0) is 7.23. The summed E-state index contributed by atoms with van der Waals surface area (Å²) in [7, 11) is 0. The molecule has 1 saturated carbocycles. The van der Waals surface area contributed by atoms with Gasteiger partial charge < -0.3 is 5.11 Å². The van der Waals surface area contributed by atoms with Crippen molar-refractivity contribution < 1.29 is 10.6 Å². The summed E-state index contributed by atoms with van der Waals surface area (Å²) in [5.74, 6) is -0.794. The van der Waals surface area contributed by atoms with Gasteiger partial charge in [0.15, 0.2) is 0 Å². The summed E-state index contributed by atoms with van der Waals surface area (Å²) < 4.78 is 27.2. The van der Waals surface area contributed by atoms with E-state index in [4.69, 9.17) is 10.6 Å². The van der Waals surface area contributed by atoms with Crippen molar-refractivity contribution in [2.75, 3.05) is 6.56 Å². The quantitative estimate of drug-likeness (QED) is 0.479. The maximum atomic E-state index is 8.59. The fourth-order valence-electron chi connectivity index (χ4n) is 0.142. The molecule has 1 heteroatoms. The van der Waals surface area contributed by atoms with Crippen molar-refractivity contribution in [1.29, 1.82) is 0 Å². The molecule has 0 saturated heterocycles. The van der Waals surface area contributed by atoms with E-state index in [2.05, 4.69) is 0 Å². The third-order valence-electron chi connectivity index (χ3n) is 0.534. The summed E-state index contributed by atoms with van der Waals surface area (Å²) >= 11 is 0. The zero-order valence-electron chi connectivity index (χ0n) is 6.68. The molecule has 5 heavy (non-hydrogen) atoms. The second kappa shape index (κ2) is 0.977. The normalized spacial score (nSPS) is 78.2. The Labute approximate surface area is 37.2 Å². The zero-order valence-corrected chi connectivity index (χ0v) is 2.68. The van der Waals surface area contributed by atoms with Gasteiger partial charge in [-0.3, -0.25) is 0 Å². The standard InChI is InChI=1S/C4H8O/c5-3-4-1-2-4/h4-5H,1-3H2/i1D,2D,3D2/t1-,2+,4?. The van der Waals surface area contributed by atoms with Crippen LogP contribution in [0.15, 0.2) is 0 Å². The highest BCUT2D eigenvalue weighted by molar-refractivity contribution is 4.70. The molecule has 3 atom stereocenters. The van der Waals surface area contributed by atoms with Crippen LogP contribution in [-0.4, -0.2) is 11.7 Å². The molecule has 1 unspecified atom stereocenters. The molecule has 0 aromatic heterocycles. The predicted octanol–water partition coefficient (Wildman–Crippen LogP) is 0.389. The van der Waals surface area contributed by atoms with Gasteiger partial charge in [-0.05, 0) is 18.7 Å². The summed E-state index contributed by atoms with van der Waals surface area (Å²) in [6, 6.07) is 0. The molecule has 0 amide bonds. The molecule has 1 rings (SSSR count). The van der Waals surface area contributed by atoms with Gasteiger partial charge in [0, 0.05) is 9.30 Å². The lowest BCUT2D eigenvalue weighted by atomic mass is 10.5. The summed E-state index contributed by atoms with van der Waals surface area (Å²) in [6.45, 7) is -2.32. The molecule has 0 aliphatic heterocycles. The molecule has 0 aromatic carbocycles. The third-order valence-corrected chi connectivity index (χ3v) is 0.534. The third kappa shape index (κ3) is 0.618. The van der Waals surface area contributed by atoms with Gasteiger partial charge in [0.2, 0.25) is 0 Å². The van der Waals surface area contributed by atoms with Gasteiger partial charge in [0.1, 0.15) is 0 Å². The van der Waals surface area contributed by atoms with Gasteiger partial charge in [-0.25, -0.2) is 0 Å². The highest BCUT2D eigenvalue weighted by atomic mass is 16.3. The summed E-state index contributed by atoms with van der Waals surface area (Å²) in [5.41, 5.74) is 0. The van der Waals surface area contributed by atoms with Crippen molar-refractivity contribution in [3.8, 4) is 0 Å². The Bertz CT molecular complexity index is 112. The van der Waals surface area contributed by atoms with Crippen molar-refractivity contribution in [3.63, 3.8) is 0 Å². The highest BCUT2D eigenvalue weighted by Gasteiger charge is 2.18. The first-order valence-corrected chi connectivity index (χ1v) is 1.51. The van der Waals surface area contributed by atoms with Gasteiger partial charge in [-0.2, -0.15) is 0 Å². The first-order chi connectivity index (χ1) is 3.94. The maximum Gasteiger partial charge on any atom is 0.0567 e. The lowest BCUT2D eigenvalue weighted by Crippen LogP contribution is -1.78. The molecule has 0 aromatic rings. The first kappa shape index (κ1) is 0.969. The Hall–Kier alpha value is -0.0400. The van der Waals surface area contributed by atoms with E-state index >= 15 is 0 Å². The molecule has 0 radical (unpaired) electrons. The van der Waals surface area contributed by atoms with Crippen molar-refractivity contribution in [1.82, 2.24) is 0 Å². The van der Waals surface area contributed by atoms with E-state index in [1.54, 1.807) is 0 Å². The number of hydrogen-bond donors (Lipinski definition) is 1. The Balaban J connectivity index is 2.50. The van der Waals surface area contributed by atoms with E-state index in [-0.39, 0.29) is 0 Å². The van der Waals surface area contributed by atoms with Crippen molar-refractivity contribution in [3.05, 3.63) is 0 Å². The Morgan fingerprint density at radius 3 is 2.80 bits per heavy atom. The SMILES string of the molecule is [2H][C@@H]1C(C([2H])([2H])O)[C@@H]1[2H].